The Labute approximate surface area is 121 Å². The van der Waals surface area contributed by atoms with Gasteiger partial charge in [0.2, 0.25) is 5.91 Å². The Kier molecular flexibility index (Phi) is 2.98. The molecule has 0 aromatic carbocycles. The van der Waals surface area contributed by atoms with Crippen molar-refractivity contribution in [3.63, 3.8) is 0 Å². The highest BCUT2D eigenvalue weighted by Gasteiger charge is 2.63. The summed E-state index contributed by atoms with van der Waals surface area (Å²) >= 11 is 5.81. The number of hydrogen-bond donors (Lipinski definition) is 0. The van der Waals surface area contributed by atoms with Crippen molar-refractivity contribution in [2.24, 2.45) is 22.2 Å². The van der Waals surface area contributed by atoms with Crippen molar-refractivity contribution in [1.29, 1.82) is 0 Å². The molecule has 4 aliphatic carbocycles. The first-order valence-electron chi connectivity index (χ1n) is 7.62. The monoisotopic (exact) mass is 283 g/mol. The molecule has 2 nitrogen and oxygen atoms in total. The first kappa shape index (κ1) is 13.7. The highest BCUT2D eigenvalue weighted by atomic mass is 35.5. The van der Waals surface area contributed by atoms with Crippen LogP contribution >= 0.6 is 11.6 Å². The van der Waals surface area contributed by atoms with Gasteiger partial charge in [-0.15, -0.1) is 11.6 Å². The van der Waals surface area contributed by atoms with E-state index in [-0.39, 0.29) is 5.41 Å². The van der Waals surface area contributed by atoms with Gasteiger partial charge in [-0.3, -0.25) is 4.79 Å². The maximum Gasteiger partial charge on any atom is 0.228 e. The van der Waals surface area contributed by atoms with E-state index in [1.165, 1.54) is 19.3 Å². The van der Waals surface area contributed by atoms with Crippen LogP contribution in [0.2, 0.25) is 0 Å². The van der Waals surface area contributed by atoms with E-state index < -0.39 is 0 Å². The third-order valence-electron chi connectivity index (χ3n) is 5.85. The minimum absolute atomic E-state index is 0.0657. The van der Waals surface area contributed by atoms with Crippen LogP contribution in [0.15, 0.2) is 0 Å². The molecule has 0 heterocycles. The molecule has 4 bridgehead atoms. The number of hydrogen-bond acceptors (Lipinski definition) is 1. The molecule has 2 atom stereocenters. The molecule has 4 fully saturated rings. The van der Waals surface area contributed by atoms with Crippen molar-refractivity contribution in [3.8, 4) is 0 Å². The smallest absolute Gasteiger partial charge is 0.228 e. The quantitative estimate of drug-likeness (QED) is 0.724. The van der Waals surface area contributed by atoms with Gasteiger partial charge in [0.05, 0.1) is 5.41 Å². The highest BCUT2D eigenvalue weighted by Crippen LogP contribution is 2.69. The second-order valence-corrected chi connectivity index (χ2v) is 8.70. The van der Waals surface area contributed by atoms with Gasteiger partial charge in [0, 0.05) is 19.5 Å². The van der Waals surface area contributed by atoms with Gasteiger partial charge in [0.1, 0.15) is 0 Å². The fourth-order valence-electron chi connectivity index (χ4n) is 6.32. The van der Waals surface area contributed by atoms with Gasteiger partial charge in [-0.2, -0.15) is 0 Å². The van der Waals surface area contributed by atoms with Crippen LogP contribution in [0.25, 0.3) is 0 Å². The van der Waals surface area contributed by atoms with E-state index in [0.29, 0.717) is 29.2 Å². The summed E-state index contributed by atoms with van der Waals surface area (Å²) in [5.41, 5.74) is 0.751. The molecule has 0 N–H and O–H groups in total. The van der Waals surface area contributed by atoms with Gasteiger partial charge < -0.3 is 4.90 Å². The standard InChI is InChI=1S/C16H26ClNO/c1-14-6-12-7-15(2,9-14)11-16(8-12,10-14)13(19)18(3)5-4-17/h12H,4-11H2,1-3H3. The molecule has 4 rings (SSSR count). The predicted octanol–water partition coefficient (Wildman–Crippen LogP) is 3.68. The third kappa shape index (κ3) is 2.11. The minimum atomic E-state index is -0.0657. The minimum Gasteiger partial charge on any atom is -0.344 e. The summed E-state index contributed by atoms with van der Waals surface area (Å²) in [5, 5.41) is 0. The maximum absolute atomic E-state index is 12.9. The zero-order valence-electron chi connectivity index (χ0n) is 12.5. The molecule has 0 aromatic rings. The van der Waals surface area contributed by atoms with Crippen molar-refractivity contribution < 1.29 is 4.79 Å². The molecule has 0 radical (unpaired) electrons. The normalized spacial score (nSPS) is 47.5. The first-order valence-corrected chi connectivity index (χ1v) is 8.15. The van der Waals surface area contributed by atoms with Crippen LogP contribution in [0.3, 0.4) is 0 Å². The number of carbonyl (C=O) groups is 1. The molecule has 3 heteroatoms. The van der Waals surface area contributed by atoms with E-state index in [9.17, 15) is 4.79 Å². The first-order chi connectivity index (χ1) is 8.80. The van der Waals surface area contributed by atoms with Crippen LogP contribution in [0.1, 0.15) is 52.4 Å². The fourth-order valence-corrected chi connectivity index (χ4v) is 6.57. The van der Waals surface area contributed by atoms with Crippen LogP contribution in [0.4, 0.5) is 0 Å². The van der Waals surface area contributed by atoms with Crippen LogP contribution in [0, 0.1) is 22.2 Å². The second kappa shape index (κ2) is 4.13. The van der Waals surface area contributed by atoms with Gasteiger partial charge in [0.25, 0.3) is 0 Å². The number of alkyl halides is 1. The SMILES string of the molecule is CN(CCCl)C(=O)C12CC3CC(C)(CC(C)(C3)C1)C2. The molecule has 0 spiro atoms. The number of carbonyl (C=O) groups excluding carboxylic acids is 1. The van der Waals surface area contributed by atoms with E-state index in [1.807, 2.05) is 11.9 Å². The van der Waals surface area contributed by atoms with Crippen LogP contribution in [-0.2, 0) is 4.79 Å². The summed E-state index contributed by atoms with van der Waals surface area (Å²) in [6.07, 6.45) is 7.36. The Hall–Kier alpha value is -0.240. The lowest BCUT2D eigenvalue weighted by Crippen LogP contribution is -2.60. The molecule has 19 heavy (non-hydrogen) atoms. The van der Waals surface area contributed by atoms with Gasteiger partial charge in [-0.1, -0.05) is 13.8 Å². The number of amides is 1. The number of nitrogens with zero attached hydrogens (tertiary/aromatic N) is 1. The van der Waals surface area contributed by atoms with Crippen molar-refractivity contribution in [2.75, 3.05) is 19.5 Å². The largest absolute Gasteiger partial charge is 0.344 e. The van der Waals surface area contributed by atoms with Gasteiger partial charge >= 0.3 is 0 Å². The summed E-state index contributed by atoms with van der Waals surface area (Å²) in [6, 6.07) is 0. The molecule has 2 unspecified atom stereocenters. The van der Waals surface area contributed by atoms with Crippen LogP contribution in [-0.4, -0.2) is 30.3 Å². The van der Waals surface area contributed by atoms with E-state index >= 15 is 0 Å². The summed E-state index contributed by atoms with van der Waals surface area (Å²) < 4.78 is 0. The molecular formula is C16H26ClNO. The van der Waals surface area contributed by atoms with Gasteiger partial charge in [-0.05, 0) is 55.3 Å². The molecule has 0 aliphatic heterocycles. The second-order valence-electron chi connectivity index (χ2n) is 8.33. The highest BCUT2D eigenvalue weighted by molar-refractivity contribution is 6.18. The molecule has 0 saturated heterocycles. The summed E-state index contributed by atoms with van der Waals surface area (Å²) in [6.45, 7) is 5.51. The zero-order valence-corrected chi connectivity index (χ0v) is 13.2. The van der Waals surface area contributed by atoms with Gasteiger partial charge in [-0.25, -0.2) is 0 Å². The number of halogens is 1. The molecule has 1 amide bonds. The maximum atomic E-state index is 12.9. The van der Waals surface area contributed by atoms with Crippen molar-refractivity contribution >= 4 is 17.5 Å². The van der Waals surface area contributed by atoms with E-state index in [0.717, 1.165) is 25.2 Å². The fraction of sp³-hybridized carbons (Fsp3) is 0.938. The molecule has 0 aromatic heterocycles. The van der Waals surface area contributed by atoms with E-state index in [2.05, 4.69) is 13.8 Å². The molecular weight excluding hydrogens is 258 g/mol. The Bertz CT molecular complexity index is 390. The Morgan fingerprint density at radius 2 is 1.74 bits per heavy atom. The van der Waals surface area contributed by atoms with Crippen molar-refractivity contribution in [3.05, 3.63) is 0 Å². The van der Waals surface area contributed by atoms with Gasteiger partial charge in [0.15, 0.2) is 0 Å². The Morgan fingerprint density at radius 3 is 2.21 bits per heavy atom. The molecule has 108 valence electrons. The Morgan fingerprint density at radius 1 is 1.16 bits per heavy atom. The lowest BCUT2D eigenvalue weighted by atomic mass is 9.40. The molecule has 4 saturated carbocycles. The predicted molar refractivity (Wildman–Crippen MR) is 78.2 cm³/mol. The number of rotatable bonds is 3. The zero-order chi connectivity index (χ0) is 13.9. The van der Waals surface area contributed by atoms with Crippen LogP contribution in [0.5, 0.6) is 0 Å². The average molecular weight is 284 g/mol. The summed E-state index contributed by atoms with van der Waals surface area (Å²) in [7, 11) is 1.92. The van der Waals surface area contributed by atoms with E-state index in [1.54, 1.807) is 0 Å². The summed E-state index contributed by atoms with van der Waals surface area (Å²) in [5.74, 6) is 1.69. The lowest BCUT2D eigenvalue weighted by Gasteiger charge is -2.65. The lowest BCUT2D eigenvalue weighted by molar-refractivity contribution is -0.178. The third-order valence-corrected chi connectivity index (χ3v) is 6.02. The van der Waals surface area contributed by atoms with Crippen LogP contribution < -0.4 is 0 Å². The van der Waals surface area contributed by atoms with Crippen molar-refractivity contribution in [1.82, 2.24) is 4.90 Å². The summed E-state index contributed by atoms with van der Waals surface area (Å²) in [4.78, 5) is 14.8. The average Bonchev–Trinajstić information content (AvgIpc) is 2.23. The molecule has 4 aliphatic rings. The van der Waals surface area contributed by atoms with Crippen molar-refractivity contribution in [2.45, 2.75) is 52.4 Å². The van der Waals surface area contributed by atoms with E-state index in [4.69, 9.17) is 11.6 Å². The Balaban J connectivity index is 1.90. The topological polar surface area (TPSA) is 20.3 Å².